The van der Waals surface area contributed by atoms with E-state index in [1.54, 1.807) is 24.3 Å². The second-order valence-corrected chi connectivity index (χ2v) is 8.59. The fraction of sp³-hybridized carbons (Fsp3) is 0.368. The first-order valence-electron chi connectivity index (χ1n) is 8.60. The van der Waals surface area contributed by atoms with E-state index in [9.17, 15) is 8.42 Å². The molecule has 0 aliphatic carbocycles. The third-order valence-corrected chi connectivity index (χ3v) is 5.98. The molecule has 2 aromatic carbocycles. The van der Waals surface area contributed by atoms with Gasteiger partial charge in [0.1, 0.15) is 0 Å². The fourth-order valence-corrected chi connectivity index (χ4v) is 4.28. The van der Waals surface area contributed by atoms with Crippen LogP contribution in [-0.4, -0.2) is 39.6 Å². The van der Waals surface area contributed by atoms with Crippen molar-refractivity contribution in [1.82, 2.24) is 9.62 Å². The molecule has 26 heavy (non-hydrogen) atoms. The van der Waals surface area contributed by atoms with Gasteiger partial charge < -0.3 is 4.74 Å². The van der Waals surface area contributed by atoms with Gasteiger partial charge in [0, 0.05) is 31.2 Å². The van der Waals surface area contributed by atoms with Crippen molar-refractivity contribution in [3.05, 3.63) is 70.2 Å². The Morgan fingerprint density at radius 2 is 1.65 bits per heavy atom. The molecule has 0 amide bonds. The maximum absolute atomic E-state index is 12.3. The monoisotopic (exact) mass is 394 g/mol. The van der Waals surface area contributed by atoms with Crippen molar-refractivity contribution in [2.45, 2.75) is 18.8 Å². The van der Waals surface area contributed by atoms with Crippen molar-refractivity contribution in [1.29, 1.82) is 0 Å². The van der Waals surface area contributed by atoms with E-state index < -0.39 is 10.0 Å². The van der Waals surface area contributed by atoms with E-state index >= 15 is 0 Å². The predicted molar refractivity (Wildman–Crippen MR) is 103 cm³/mol. The number of hydrogen-bond donors (Lipinski definition) is 1. The molecule has 1 aliphatic rings. The van der Waals surface area contributed by atoms with E-state index in [4.69, 9.17) is 16.3 Å². The zero-order chi connectivity index (χ0) is 18.4. The number of benzene rings is 2. The summed E-state index contributed by atoms with van der Waals surface area (Å²) in [7, 11) is -3.44. The molecule has 1 saturated heterocycles. The highest BCUT2D eigenvalue weighted by molar-refractivity contribution is 7.88. The Balaban J connectivity index is 1.53. The lowest BCUT2D eigenvalue weighted by atomic mass is 10.1. The zero-order valence-electron chi connectivity index (χ0n) is 14.5. The number of nitrogens with zero attached hydrogens (tertiary/aromatic N) is 1. The first-order chi connectivity index (χ1) is 12.5. The Hall–Kier alpha value is -1.44. The van der Waals surface area contributed by atoms with Crippen LogP contribution in [0.4, 0.5) is 0 Å². The van der Waals surface area contributed by atoms with Crippen LogP contribution in [0.25, 0.3) is 0 Å². The van der Waals surface area contributed by atoms with Crippen molar-refractivity contribution < 1.29 is 13.2 Å². The van der Waals surface area contributed by atoms with E-state index in [1.165, 1.54) is 5.56 Å². The van der Waals surface area contributed by atoms with Gasteiger partial charge in [-0.15, -0.1) is 0 Å². The quantitative estimate of drug-likeness (QED) is 0.784. The Labute approximate surface area is 160 Å². The summed E-state index contributed by atoms with van der Waals surface area (Å²) in [4.78, 5) is 2.35. The predicted octanol–water partition coefficient (Wildman–Crippen LogP) is 2.79. The SMILES string of the molecule is O=S(=O)(Cc1ccccc1Cl)NCc1ccc(CN2CCOCC2)cc1. The molecule has 0 radical (unpaired) electrons. The molecule has 0 spiro atoms. The summed E-state index contributed by atoms with van der Waals surface area (Å²) in [5, 5.41) is 0.463. The van der Waals surface area contributed by atoms with E-state index in [1.807, 2.05) is 24.3 Å². The molecule has 0 saturated carbocycles. The molecule has 5 nitrogen and oxygen atoms in total. The minimum Gasteiger partial charge on any atom is -0.379 e. The van der Waals surface area contributed by atoms with Crippen LogP contribution in [0.5, 0.6) is 0 Å². The number of ether oxygens (including phenoxy) is 1. The van der Waals surface area contributed by atoms with Crippen LogP contribution < -0.4 is 4.72 Å². The van der Waals surface area contributed by atoms with Gasteiger partial charge in [-0.1, -0.05) is 54.1 Å². The van der Waals surface area contributed by atoms with Crippen LogP contribution in [-0.2, 0) is 33.6 Å². The smallest absolute Gasteiger partial charge is 0.216 e. The molecule has 140 valence electrons. The summed E-state index contributed by atoms with van der Waals surface area (Å²) >= 11 is 6.04. The number of morpholine rings is 1. The molecule has 1 fully saturated rings. The minimum absolute atomic E-state index is 0.123. The number of rotatable bonds is 7. The van der Waals surface area contributed by atoms with Crippen LogP contribution in [0.3, 0.4) is 0 Å². The van der Waals surface area contributed by atoms with Gasteiger partial charge in [0.05, 0.1) is 19.0 Å². The average molecular weight is 395 g/mol. The molecule has 0 aromatic heterocycles. The lowest BCUT2D eigenvalue weighted by Gasteiger charge is -2.26. The fourth-order valence-electron chi connectivity index (χ4n) is 2.84. The van der Waals surface area contributed by atoms with Gasteiger partial charge in [-0.05, 0) is 22.8 Å². The van der Waals surface area contributed by atoms with Crippen LogP contribution in [0.1, 0.15) is 16.7 Å². The molecule has 1 heterocycles. The van der Waals surface area contributed by atoms with Gasteiger partial charge >= 0.3 is 0 Å². The summed E-state index contributed by atoms with van der Waals surface area (Å²) in [6, 6.07) is 15.0. The summed E-state index contributed by atoms with van der Waals surface area (Å²) in [5.74, 6) is -0.123. The summed E-state index contributed by atoms with van der Waals surface area (Å²) in [6.07, 6.45) is 0. The summed E-state index contributed by atoms with van der Waals surface area (Å²) in [5.41, 5.74) is 2.75. The summed E-state index contributed by atoms with van der Waals surface area (Å²) < 4.78 is 32.5. The van der Waals surface area contributed by atoms with Gasteiger partial charge in [-0.2, -0.15) is 0 Å². The van der Waals surface area contributed by atoms with Crippen molar-refractivity contribution in [3.63, 3.8) is 0 Å². The zero-order valence-corrected chi connectivity index (χ0v) is 16.1. The highest BCUT2D eigenvalue weighted by Crippen LogP contribution is 2.17. The Morgan fingerprint density at radius 3 is 2.35 bits per heavy atom. The molecule has 2 aromatic rings. The van der Waals surface area contributed by atoms with Crippen LogP contribution in [0.2, 0.25) is 5.02 Å². The standard InChI is InChI=1S/C19H23ClN2O3S/c20-19-4-2-1-3-18(19)15-26(23,24)21-13-16-5-7-17(8-6-16)14-22-9-11-25-12-10-22/h1-8,21H,9-15H2. The van der Waals surface area contributed by atoms with Crippen molar-refractivity contribution >= 4 is 21.6 Å². The second-order valence-electron chi connectivity index (χ2n) is 6.38. The number of hydrogen-bond acceptors (Lipinski definition) is 4. The Bertz CT molecular complexity index is 819. The van der Waals surface area contributed by atoms with E-state index in [-0.39, 0.29) is 12.3 Å². The number of sulfonamides is 1. The highest BCUT2D eigenvalue weighted by atomic mass is 35.5. The van der Waals surface area contributed by atoms with E-state index in [0.29, 0.717) is 10.6 Å². The molecule has 3 rings (SSSR count). The van der Waals surface area contributed by atoms with Crippen LogP contribution >= 0.6 is 11.6 Å². The number of nitrogens with one attached hydrogen (secondary N) is 1. The maximum atomic E-state index is 12.3. The molecule has 0 atom stereocenters. The van der Waals surface area contributed by atoms with Crippen LogP contribution in [0.15, 0.2) is 48.5 Å². The average Bonchev–Trinajstić information content (AvgIpc) is 2.64. The van der Waals surface area contributed by atoms with E-state index in [0.717, 1.165) is 38.4 Å². The molecule has 0 unspecified atom stereocenters. The second kappa shape index (κ2) is 8.97. The molecule has 1 aliphatic heterocycles. The van der Waals surface area contributed by atoms with Crippen molar-refractivity contribution in [3.8, 4) is 0 Å². The van der Waals surface area contributed by atoms with Crippen LogP contribution in [0, 0.1) is 0 Å². The normalized spacial score (nSPS) is 15.9. The Morgan fingerprint density at radius 1 is 1.00 bits per heavy atom. The molecular weight excluding hydrogens is 372 g/mol. The summed E-state index contributed by atoms with van der Waals surface area (Å²) in [6.45, 7) is 4.62. The molecule has 0 bridgehead atoms. The van der Waals surface area contributed by atoms with E-state index in [2.05, 4.69) is 9.62 Å². The lowest BCUT2D eigenvalue weighted by molar-refractivity contribution is 0.0342. The van der Waals surface area contributed by atoms with Gasteiger partial charge in [0.2, 0.25) is 10.0 Å². The van der Waals surface area contributed by atoms with Gasteiger partial charge in [-0.3, -0.25) is 4.90 Å². The maximum Gasteiger partial charge on any atom is 0.216 e. The van der Waals surface area contributed by atoms with Gasteiger partial charge in [0.15, 0.2) is 0 Å². The van der Waals surface area contributed by atoms with Gasteiger partial charge in [0.25, 0.3) is 0 Å². The molecule has 7 heteroatoms. The first kappa shape index (κ1) is 19.3. The third kappa shape index (κ3) is 5.79. The van der Waals surface area contributed by atoms with Crippen molar-refractivity contribution in [2.75, 3.05) is 26.3 Å². The minimum atomic E-state index is -3.44. The first-order valence-corrected chi connectivity index (χ1v) is 10.6. The Kier molecular flexibility index (Phi) is 6.67. The highest BCUT2D eigenvalue weighted by Gasteiger charge is 2.14. The third-order valence-electron chi connectivity index (χ3n) is 4.33. The lowest BCUT2D eigenvalue weighted by Crippen LogP contribution is -2.35. The van der Waals surface area contributed by atoms with Crippen molar-refractivity contribution in [2.24, 2.45) is 0 Å². The largest absolute Gasteiger partial charge is 0.379 e. The number of halogens is 1. The topological polar surface area (TPSA) is 58.6 Å². The molecule has 1 N–H and O–H groups in total. The molecular formula is C19H23ClN2O3S. The van der Waals surface area contributed by atoms with Gasteiger partial charge in [-0.25, -0.2) is 13.1 Å².